The number of para-hydroxylation sites is 1. The third-order valence-electron chi connectivity index (χ3n) is 6.28. The van der Waals surface area contributed by atoms with Gasteiger partial charge in [0.25, 0.3) is 0 Å². The Bertz CT molecular complexity index is 802. The summed E-state index contributed by atoms with van der Waals surface area (Å²) in [6.45, 7) is 7.56. The van der Waals surface area contributed by atoms with Crippen molar-refractivity contribution >= 4 is 35.6 Å². The summed E-state index contributed by atoms with van der Waals surface area (Å²) in [7, 11) is 1.85. The van der Waals surface area contributed by atoms with Crippen LogP contribution in [-0.4, -0.2) is 50.6 Å². The SMILES string of the molecule is CN=C(NCc1ccc(CN2CCCC2)cc1)NCC1CCN(c2ccccc2)C1.I. The van der Waals surface area contributed by atoms with Gasteiger partial charge < -0.3 is 15.5 Å². The summed E-state index contributed by atoms with van der Waals surface area (Å²) in [6.07, 6.45) is 3.91. The molecule has 1 unspecified atom stereocenters. The van der Waals surface area contributed by atoms with Crippen LogP contribution >= 0.6 is 24.0 Å². The summed E-state index contributed by atoms with van der Waals surface area (Å²) in [6, 6.07) is 19.7. The zero-order valence-electron chi connectivity index (χ0n) is 18.6. The van der Waals surface area contributed by atoms with Gasteiger partial charge in [0.05, 0.1) is 0 Å². The first kappa shape index (κ1) is 23.9. The van der Waals surface area contributed by atoms with Gasteiger partial charge in [0.15, 0.2) is 5.96 Å². The zero-order valence-corrected chi connectivity index (χ0v) is 20.9. The summed E-state index contributed by atoms with van der Waals surface area (Å²) in [4.78, 5) is 9.42. The van der Waals surface area contributed by atoms with Crippen LogP contribution in [0.1, 0.15) is 30.4 Å². The first-order chi connectivity index (χ1) is 14.8. The van der Waals surface area contributed by atoms with E-state index in [-0.39, 0.29) is 24.0 Å². The third kappa shape index (κ3) is 7.10. The van der Waals surface area contributed by atoms with Gasteiger partial charge in [-0.3, -0.25) is 9.89 Å². The number of rotatable bonds is 7. The Balaban J connectivity index is 0.00000272. The van der Waals surface area contributed by atoms with Crippen LogP contribution in [0.5, 0.6) is 0 Å². The minimum atomic E-state index is 0. The Labute approximate surface area is 204 Å². The van der Waals surface area contributed by atoms with E-state index in [9.17, 15) is 0 Å². The van der Waals surface area contributed by atoms with Gasteiger partial charge >= 0.3 is 0 Å². The van der Waals surface area contributed by atoms with Crippen molar-refractivity contribution in [2.75, 3.05) is 44.7 Å². The molecule has 0 amide bonds. The number of nitrogens with zero attached hydrogens (tertiary/aromatic N) is 3. The molecule has 2 heterocycles. The number of likely N-dealkylation sites (tertiary alicyclic amines) is 1. The lowest BCUT2D eigenvalue weighted by atomic mass is 10.1. The fraction of sp³-hybridized carbons (Fsp3) is 0.480. The van der Waals surface area contributed by atoms with Gasteiger partial charge in [-0.25, -0.2) is 0 Å². The number of guanidine groups is 1. The van der Waals surface area contributed by atoms with Gasteiger partial charge in [0.2, 0.25) is 0 Å². The lowest BCUT2D eigenvalue weighted by Crippen LogP contribution is -2.39. The molecule has 2 saturated heterocycles. The van der Waals surface area contributed by atoms with Crippen LogP contribution in [0.25, 0.3) is 0 Å². The molecule has 6 heteroatoms. The molecular weight excluding hydrogens is 497 g/mol. The molecule has 0 saturated carbocycles. The molecule has 2 aromatic carbocycles. The Morgan fingerprint density at radius 1 is 0.935 bits per heavy atom. The lowest BCUT2D eigenvalue weighted by molar-refractivity contribution is 0.331. The maximum Gasteiger partial charge on any atom is 0.191 e. The summed E-state index contributed by atoms with van der Waals surface area (Å²) in [5, 5.41) is 6.98. The van der Waals surface area contributed by atoms with Crippen molar-refractivity contribution in [3.63, 3.8) is 0 Å². The van der Waals surface area contributed by atoms with Crippen molar-refractivity contribution in [3.8, 4) is 0 Å². The Morgan fingerprint density at radius 3 is 2.35 bits per heavy atom. The highest BCUT2D eigenvalue weighted by atomic mass is 127. The molecule has 2 N–H and O–H groups in total. The highest BCUT2D eigenvalue weighted by molar-refractivity contribution is 14.0. The molecule has 2 aliphatic heterocycles. The topological polar surface area (TPSA) is 42.9 Å². The number of hydrogen-bond donors (Lipinski definition) is 2. The van der Waals surface area contributed by atoms with E-state index >= 15 is 0 Å². The van der Waals surface area contributed by atoms with E-state index in [1.54, 1.807) is 0 Å². The van der Waals surface area contributed by atoms with E-state index in [1.165, 1.54) is 49.2 Å². The molecule has 0 aromatic heterocycles. The second-order valence-electron chi connectivity index (χ2n) is 8.54. The van der Waals surface area contributed by atoms with Crippen molar-refractivity contribution in [1.29, 1.82) is 0 Å². The predicted octanol–water partition coefficient (Wildman–Crippen LogP) is 4.09. The van der Waals surface area contributed by atoms with E-state index < -0.39 is 0 Å². The highest BCUT2D eigenvalue weighted by Gasteiger charge is 2.22. The first-order valence-electron chi connectivity index (χ1n) is 11.3. The molecule has 4 rings (SSSR count). The average molecular weight is 534 g/mol. The standard InChI is InChI=1S/C25H35N5.HI/c1-26-25(28-18-23-13-16-30(20-23)24-7-3-2-4-8-24)27-17-21-9-11-22(12-10-21)19-29-14-5-6-15-29;/h2-4,7-12,23H,5-6,13-20H2,1H3,(H2,26,27,28);1H. The van der Waals surface area contributed by atoms with Gasteiger partial charge in [0, 0.05) is 45.5 Å². The second kappa shape index (κ2) is 12.3. The monoisotopic (exact) mass is 533 g/mol. The van der Waals surface area contributed by atoms with Crippen LogP contribution in [0.3, 0.4) is 0 Å². The summed E-state index contributed by atoms with van der Waals surface area (Å²) in [5.74, 6) is 1.53. The number of nitrogens with one attached hydrogen (secondary N) is 2. The molecule has 0 spiro atoms. The van der Waals surface area contributed by atoms with Crippen molar-refractivity contribution < 1.29 is 0 Å². The fourth-order valence-electron chi connectivity index (χ4n) is 4.48. The molecule has 0 radical (unpaired) electrons. The second-order valence-corrected chi connectivity index (χ2v) is 8.54. The van der Waals surface area contributed by atoms with Crippen LogP contribution in [0.4, 0.5) is 5.69 Å². The van der Waals surface area contributed by atoms with E-state index in [4.69, 9.17) is 0 Å². The Kier molecular flexibility index (Phi) is 9.46. The van der Waals surface area contributed by atoms with Gasteiger partial charge in [-0.05, 0) is 61.5 Å². The largest absolute Gasteiger partial charge is 0.371 e. The van der Waals surface area contributed by atoms with Gasteiger partial charge in [-0.1, -0.05) is 42.5 Å². The summed E-state index contributed by atoms with van der Waals surface area (Å²) < 4.78 is 0. The molecular formula is C25H36IN5. The average Bonchev–Trinajstić information content (AvgIpc) is 3.48. The van der Waals surface area contributed by atoms with Gasteiger partial charge in [-0.2, -0.15) is 0 Å². The number of aliphatic imine (C=N–C) groups is 1. The predicted molar refractivity (Wildman–Crippen MR) is 141 cm³/mol. The molecule has 0 aliphatic carbocycles. The molecule has 31 heavy (non-hydrogen) atoms. The van der Waals surface area contributed by atoms with Gasteiger partial charge in [0.1, 0.15) is 0 Å². The van der Waals surface area contributed by atoms with Crippen molar-refractivity contribution in [2.24, 2.45) is 10.9 Å². The molecule has 2 fully saturated rings. The number of benzene rings is 2. The fourth-order valence-corrected chi connectivity index (χ4v) is 4.48. The zero-order chi connectivity index (χ0) is 20.6. The molecule has 2 aliphatic rings. The maximum absolute atomic E-state index is 4.40. The summed E-state index contributed by atoms with van der Waals surface area (Å²) in [5.41, 5.74) is 4.03. The Hall–Kier alpha value is -1.80. The van der Waals surface area contributed by atoms with E-state index in [1.807, 2.05) is 7.05 Å². The van der Waals surface area contributed by atoms with Crippen LogP contribution in [0, 0.1) is 5.92 Å². The minimum Gasteiger partial charge on any atom is -0.371 e. The minimum absolute atomic E-state index is 0. The molecule has 2 aromatic rings. The molecule has 168 valence electrons. The van der Waals surface area contributed by atoms with Crippen LogP contribution < -0.4 is 15.5 Å². The Morgan fingerprint density at radius 2 is 1.65 bits per heavy atom. The van der Waals surface area contributed by atoms with Crippen LogP contribution in [-0.2, 0) is 13.1 Å². The number of anilines is 1. The third-order valence-corrected chi connectivity index (χ3v) is 6.28. The lowest BCUT2D eigenvalue weighted by Gasteiger charge is -2.19. The normalized spacial score (nSPS) is 19.3. The summed E-state index contributed by atoms with van der Waals surface area (Å²) >= 11 is 0. The van der Waals surface area contributed by atoms with Crippen molar-refractivity contribution in [2.45, 2.75) is 32.4 Å². The quantitative estimate of drug-likeness (QED) is 0.320. The van der Waals surface area contributed by atoms with Crippen molar-refractivity contribution in [1.82, 2.24) is 15.5 Å². The molecule has 5 nitrogen and oxygen atoms in total. The maximum atomic E-state index is 4.40. The van der Waals surface area contributed by atoms with Crippen LogP contribution in [0.15, 0.2) is 59.6 Å². The molecule has 0 bridgehead atoms. The van der Waals surface area contributed by atoms with Crippen LogP contribution in [0.2, 0.25) is 0 Å². The highest BCUT2D eigenvalue weighted by Crippen LogP contribution is 2.22. The van der Waals surface area contributed by atoms with E-state index in [0.717, 1.165) is 38.7 Å². The number of halogens is 1. The van der Waals surface area contributed by atoms with Crippen molar-refractivity contribution in [3.05, 3.63) is 65.7 Å². The smallest absolute Gasteiger partial charge is 0.191 e. The van der Waals surface area contributed by atoms with E-state index in [0.29, 0.717) is 5.92 Å². The van der Waals surface area contributed by atoms with E-state index in [2.05, 4.69) is 80.0 Å². The molecule has 1 atom stereocenters. The van der Waals surface area contributed by atoms with Gasteiger partial charge in [-0.15, -0.1) is 24.0 Å². The first-order valence-corrected chi connectivity index (χ1v) is 11.3. The number of hydrogen-bond acceptors (Lipinski definition) is 3.